The fourth-order valence-corrected chi connectivity index (χ4v) is 8.18. The quantitative estimate of drug-likeness (QED) is 0.168. The van der Waals surface area contributed by atoms with Crippen molar-refractivity contribution in [3.8, 4) is 51.0 Å². The number of nitrogens with zero attached hydrogens (tertiary/aromatic N) is 5. The third-order valence-corrected chi connectivity index (χ3v) is 10.7. The van der Waals surface area contributed by atoms with Gasteiger partial charge in [0.1, 0.15) is 0 Å². The van der Waals surface area contributed by atoms with Crippen LogP contribution in [0.3, 0.4) is 0 Å². The van der Waals surface area contributed by atoms with Crippen LogP contribution in [0.1, 0.15) is 0 Å². The zero-order valence-corrected chi connectivity index (χ0v) is 29.6. The summed E-state index contributed by atoms with van der Waals surface area (Å²) in [4.78, 5) is 20.3. The van der Waals surface area contributed by atoms with Gasteiger partial charge >= 0.3 is 0 Å². The molecule has 8 aromatic carbocycles. The van der Waals surface area contributed by atoms with Crippen molar-refractivity contribution in [1.82, 2.24) is 24.5 Å². The first-order chi connectivity index (χ1) is 27.3. The number of hydrogen-bond acceptors (Lipinski definition) is 4. The van der Waals surface area contributed by atoms with Crippen LogP contribution in [0.15, 0.2) is 188 Å². The van der Waals surface area contributed by atoms with E-state index in [1.807, 2.05) is 30.5 Å². The van der Waals surface area contributed by atoms with Crippen LogP contribution in [0.5, 0.6) is 0 Å². The van der Waals surface area contributed by atoms with Gasteiger partial charge in [-0.1, -0.05) is 140 Å². The Morgan fingerprint density at radius 2 is 0.927 bits per heavy atom. The molecule has 0 spiro atoms. The van der Waals surface area contributed by atoms with Gasteiger partial charge in [-0.2, -0.15) is 0 Å². The van der Waals surface area contributed by atoms with E-state index >= 15 is 0 Å². The highest BCUT2D eigenvalue weighted by molar-refractivity contribution is 6.21. The highest BCUT2D eigenvalue weighted by Gasteiger charge is 2.20. The Morgan fingerprint density at radius 1 is 0.327 bits per heavy atom. The van der Waals surface area contributed by atoms with Crippen molar-refractivity contribution in [3.63, 3.8) is 0 Å². The van der Waals surface area contributed by atoms with Crippen molar-refractivity contribution < 1.29 is 0 Å². The molecule has 0 saturated heterocycles. The molecule has 11 aromatic rings. The van der Waals surface area contributed by atoms with Gasteiger partial charge in [-0.25, -0.2) is 15.0 Å². The molecule has 11 rings (SSSR count). The number of hydrogen-bond donors (Lipinski definition) is 0. The summed E-state index contributed by atoms with van der Waals surface area (Å²) in [6, 6.07) is 63.8. The molecule has 0 atom stereocenters. The molecule has 0 amide bonds. The monoisotopic (exact) mass is 701 g/mol. The minimum Gasteiger partial charge on any atom is -0.309 e. The van der Waals surface area contributed by atoms with Crippen molar-refractivity contribution in [2.45, 2.75) is 0 Å². The Labute approximate surface area is 316 Å². The lowest BCUT2D eigenvalue weighted by Gasteiger charge is -2.16. The van der Waals surface area contributed by atoms with Gasteiger partial charge in [0, 0.05) is 44.7 Å². The molecule has 5 heteroatoms. The summed E-state index contributed by atoms with van der Waals surface area (Å²) in [5, 5.41) is 8.24. The van der Waals surface area contributed by atoms with Gasteiger partial charge in [-0.15, -0.1) is 0 Å². The molecule has 0 unspecified atom stereocenters. The fraction of sp³-hybridized carbons (Fsp3) is 0. The number of fused-ring (bicyclic) bond motifs is 8. The Kier molecular flexibility index (Phi) is 7.10. The number of benzene rings is 8. The molecule has 5 nitrogen and oxygen atoms in total. The maximum Gasteiger partial charge on any atom is 0.164 e. The number of pyridine rings is 1. The van der Waals surface area contributed by atoms with E-state index in [0.717, 1.165) is 60.8 Å². The Balaban J connectivity index is 1.16. The first kappa shape index (κ1) is 31.1. The topological polar surface area (TPSA) is 56.5 Å². The molecule has 3 heterocycles. The van der Waals surface area contributed by atoms with E-state index in [4.69, 9.17) is 15.0 Å². The van der Waals surface area contributed by atoms with Crippen molar-refractivity contribution in [1.29, 1.82) is 0 Å². The molecule has 55 heavy (non-hydrogen) atoms. The highest BCUT2D eigenvalue weighted by atomic mass is 15.0. The SMILES string of the molecule is c1ccc(-c2nc(-c3ccc4c5ccccc5n(-c5ccccc5)c4c3)nc(-c3ccccc3-c3cc4c5cccnc5ccc4c4ccccc34)n2)cc1. The van der Waals surface area contributed by atoms with E-state index in [0.29, 0.717) is 17.5 Å². The second-order valence-electron chi connectivity index (χ2n) is 13.8. The average Bonchev–Trinajstić information content (AvgIpc) is 3.60. The van der Waals surface area contributed by atoms with Crippen LogP contribution < -0.4 is 0 Å². The van der Waals surface area contributed by atoms with Crippen molar-refractivity contribution in [3.05, 3.63) is 188 Å². The van der Waals surface area contributed by atoms with Crippen LogP contribution in [-0.4, -0.2) is 24.5 Å². The van der Waals surface area contributed by atoms with Crippen LogP contribution in [-0.2, 0) is 0 Å². The highest BCUT2D eigenvalue weighted by Crippen LogP contribution is 2.41. The summed E-state index contributed by atoms with van der Waals surface area (Å²) in [7, 11) is 0. The Morgan fingerprint density at radius 3 is 1.76 bits per heavy atom. The fourth-order valence-electron chi connectivity index (χ4n) is 8.18. The van der Waals surface area contributed by atoms with Gasteiger partial charge in [-0.3, -0.25) is 4.98 Å². The maximum atomic E-state index is 5.30. The molecule has 0 fully saturated rings. The second-order valence-corrected chi connectivity index (χ2v) is 13.8. The van der Waals surface area contributed by atoms with Gasteiger partial charge in [0.2, 0.25) is 0 Å². The number of aromatic nitrogens is 5. The van der Waals surface area contributed by atoms with Gasteiger partial charge in [0.05, 0.1) is 16.6 Å². The minimum absolute atomic E-state index is 0.617. The summed E-state index contributed by atoms with van der Waals surface area (Å²) >= 11 is 0. The molecule has 0 N–H and O–H groups in total. The summed E-state index contributed by atoms with van der Waals surface area (Å²) < 4.78 is 2.33. The molecule has 0 bridgehead atoms. The van der Waals surface area contributed by atoms with Crippen molar-refractivity contribution >= 4 is 54.3 Å². The largest absolute Gasteiger partial charge is 0.309 e. The van der Waals surface area contributed by atoms with Gasteiger partial charge in [0.15, 0.2) is 17.5 Å². The standard InChI is InChI=1S/C50H31N5/c1-3-14-32(15-4-1)48-52-49(33-25-26-41-40-21-11-12-24-46(40)55(47(41)30-33)34-16-5-2-6-17-34)54-50(53-48)42-22-10-9-20-37(42)43-31-44-38(35-18-7-8-19-36(35)43)27-28-45-39(44)23-13-29-51-45/h1-31H. The van der Waals surface area contributed by atoms with E-state index in [9.17, 15) is 0 Å². The van der Waals surface area contributed by atoms with Crippen LogP contribution in [0.25, 0.3) is 105 Å². The average molecular weight is 702 g/mol. The molecule has 0 aliphatic rings. The molecule has 256 valence electrons. The smallest absolute Gasteiger partial charge is 0.164 e. The van der Waals surface area contributed by atoms with E-state index in [-0.39, 0.29) is 0 Å². The van der Waals surface area contributed by atoms with E-state index in [1.54, 1.807) is 0 Å². The summed E-state index contributed by atoms with van der Waals surface area (Å²) in [6.45, 7) is 0. The number of rotatable bonds is 5. The lowest BCUT2D eigenvalue weighted by atomic mass is 9.89. The Hall–Kier alpha value is -7.50. The third kappa shape index (κ3) is 5.09. The van der Waals surface area contributed by atoms with Gasteiger partial charge in [0.25, 0.3) is 0 Å². The molecule has 0 aliphatic carbocycles. The second kappa shape index (κ2) is 12.6. The van der Waals surface area contributed by atoms with Crippen LogP contribution in [0, 0.1) is 0 Å². The maximum absolute atomic E-state index is 5.30. The molecular weight excluding hydrogens is 671 g/mol. The van der Waals surface area contributed by atoms with E-state index in [1.165, 1.54) is 26.9 Å². The van der Waals surface area contributed by atoms with Gasteiger partial charge in [-0.05, 0) is 75.1 Å². The summed E-state index contributed by atoms with van der Waals surface area (Å²) in [6.07, 6.45) is 1.85. The zero-order valence-electron chi connectivity index (χ0n) is 29.6. The van der Waals surface area contributed by atoms with Crippen LogP contribution in [0.4, 0.5) is 0 Å². The lowest BCUT2D eigenvalue weighted by Crippen LogP contribution is -2.01. The lowest BCUT2D eigenvalue weighted by molar-refractivity contribution is 1.07. The normalized spacial score (nSPS) is 11.6. The molecule has 0 saturated carbocycles. The van der Waals surface area contributed by atoms with Crippen LogP contribution >= 0.6 is 0 Å². The Bertz CT molecular complexity index is 3260. The summed E-state index contributed by atoms with van der Waals surface area (Å²) in [5.74, 6) is 1.86. The first-order valence-corrected chi connectivity index (χ1v) is 18.5. The molecule has 0 radical (unpaired) electrons. The van der Waals surface area contributed by atoms with Crippen molar-refractivity contribution in [2.24, 2.45) is 0 Å². The van der Waals surface area contributed by atoms with E-state index < -0.39 is 0 Å². The molecule has 0 aliphatic heterocycles. The van der Waals surface area contributed by atoms with Crippen LogP contribution in [0.2, 0.25) is 0 Å². The van der Waals surface area contributed by atoms with Gasteiger partial charge < -0.3 is 4.57 Å². The third-order valence-electron chi connectivity index (χ3n) is 10.7. The van der Waals surface area contributed by atoms with E-state index in [2.05, 4.69) is 167 Å². The first-order valence-electron chi connectivity index (χ1n) is 18.5. The predicted molar refractivity (Wildman–Crippen MR) is 226 cm³/mol. The van der Waals surface area contributed by atoms with Crippen molar-refractivity contribution in [2.75, 3.05) is 0 Å². The molecule has 3 aromatic heterocycles. The number of para-hydroxylation sites is 2. The predicted octanol–water partition coefficient (Wildman–Crippen LogP) is 12.5. The minimum atomic E-state index is 0.617. The summed E-state index contributed by atoms with van der Waals surface area (Å²) in [5.41, 5.74) is 9.28. The zero-order chi connectivity index (χ0) is 36.3. The molecular formula is C50H31N5.